The molecule has 168 valence electrons. The highest BCUT2D eigenvalue weighted by atomic mass is 19.4. The van der Waals surface area contributed by atoms with Gasteiger partial charge in [0.1, 0.15) is 11.6 Å². The van der Waals surface area contributed by atoms with Gasteiger partial charge < -0.3 is 14.6 Å². The van der Waals surface area contributed by atoms with Gasteiger partial charge in [0, 0.05) is 25.1 Å². The summed E-state index contributed by atoms with van der Waals surface area (Å²) in [5.74, 6) is 0.329. The Morgan fingerprint density at radius 1 is 1.29 bits per heavy atom. The molecule has 0 spiro atoms. The number of furan rings is 1. The van der Waals surface area contributed by atoms with Gasteiger partial charge >= 0.3 is 6.18 Å². The molecule has 0 aromatic carbocycles. The number of fused-ring (bicyclic) bond motifs is 3. The lowest BCUT2D eigenvalue weighted by Crippen LogP contribution is -2.38. The summed E-state index contributed by atoms with van der Waals surface area (Å²) >= 11 is 0. The number of aromatic nitrogens is 2. The molecule has 5 rings (SSSR count). The number of rotatable bonds is 2. The first-order chi connectivity index (χ1) is 14.4. The maximum atomic E-state index is 13.8. The molecule has 1 saturated carbocycles. The molecule has 2 aliphatic heterocycles. The molecule has 1 saturated heterocycles. The van der Waals surface area contributed by atoms with E-state index >= 15 is 0 Å². The monoisotopic (exact) mass is 436 g/mol. The summed E-state index contributed by atoms with van der Waals surface area (Å²) in [6.07, 6.45) is -0.449. The lowest BCUT2D eigenvalue weighted by molar-refractivity contribution is -0.174. The van der Waals surface area contributed by atoms with E-state index in [2.05, 4.69) is 31.2 Å². The first-order valence-corrected chi connectivity index (χ1v) is 10.7. The number of alkyl halides is 3. The Kier molecular flexibility index (Phi) is 4.31. The van der Waals surface area contributed by atoms with Crippen LogP contribution in [0.4, 0.5) is 19.0 Å². The smallest absolute Gasteiger partial charge is 0.410 e. The van der Waals surface area contributed by atoms with Crippen LogP contribution in [0, 0.1) is 10.8 Å². The van der Waals surface area contributed by atoms with Gasteiger partial charge in [0.15, 0.2) is 11.7 Å². The van der Waals surface area contributed by atoms with Crippen molar-refractivity contribution in [1.82, 2.24) is 14.7 Å². The molecule has 2 fully saturated rings. The summed E-state index contributed by atoms with van der Waals surface area (Å²) in [6.45, 7) is 7.25. The molecular weight excluding hydrogens is 409 g/mol. The first-order valence-electron chi connectivity index (χ1n) is 10.7. The van der Waals surface area contributed by atoms with Gasteiger partial charge in [0.2, 0.25) is 0 Å². The minimum Gasteiger partial charge on any atom is -0.467 e. The number of carbonyl (C=O) groups is 1. The standard InChI is InChI=1S/C22H27F3N4O2/c1-20(2)9-13-10-21(3,11-20)12-28(13)19(30)15-8-18-26-14(16-5-4-6-31-16)7-17(22(23,24)25)29(18)27-15/h4-6,8,13-14,17,26H,7,9-12H2,1-3H3/t13-,14+,17+,21-/m0/s1. The number of hydrogen-bond acceptors (Lipinski definition) is 4. The maximum absolute atomic E-state index is 13.8. The Morgan fingerprint density at radius 2 is 2.06 bits per heavy atom. The summed E-state index contributed by atoms with van der Waals surface area (Å²) in [5, 5.41) is 7.21. The second-order valence-electron chi connectivity index (χ2n) is 10.5. The highest BCUT2D eigenvalue weighted by Crippen LogP contribution is 2.53. The summed E-state index contributed by atoms with van der Waals surface area (Å²) in [5.41, 5.74) is 0.239. The highest BCUT2D eigenvalue weighted by Gasteiger charge is 2.52. The van der Waals surface area contributed by atoms with Crippen LogP contribution in [0.5, 0.6) is 0 Å². The molecule has 1 aliphatic carbocycles. The minimum absolute atomic E-state index is 0.0402. The van der Waals surface area contributed by atoms with Crippen LogP contribution in [0.2, 0.25) is 0 Å². The molecule has 9 heteroatoms. The van der Waals surface area contributed by atoms with E-state index in [1.807, 2.05) is 4.90 Å². The summed E-state index contributed by atoms with van der Waals surface area (Å²) < 4.78 is 47.8. The predicted octanol–water partition coefficient (Wildman–Crippen LogP) is 5.18. The van der Waals surface area contributed by atoms with E-state index in [0.717, 1.165) is 23.9 Å². The zero-order chi connectivity index (χ0) is 22.2. The minimum atomic E-state index is -4.49. The fourth-order valence-corrected chi connectivity index (χ4v) is 6.20. The molecule has 1 N–H and O–H groups in total. The van der Waals surface area contributed by atoms with Gasteiger partial charge in [-0.25, -0.2) is 4.68 Å². The van der Waals surface area contributed by atoms with Gasteiger partial charge in [-0.1, -0.05) is 20.8 Å². The van der Waals surface area contributed by atoms with E-state index in [1.54, 1.807) is 12.1 Å². The molecule has 31 heavy (non-hydrogen) atoms. The van der Waals surface area contributed by atoms with E-state index in [0.29, 0.717) is 12.3 Å². The van der Waals surface area contributed by atoms with Crippen LogP contribution in [-0.2, 0) is 0 Å². The number of carbonyl (C=O) groups excluding carboxylic acids is 1. The van der Waals surface area contributed by atoms with Gasteiger partial charge in [-0.2, -0.15) is 18.3 Å². The number of likely N-dealkylation sites (tertiary alicyclic amines) is 1. The first kappa shape index (κ1) is 20.5. The lowest BCUT2D eigenvalue weighted by atomic mass is 9.65. The zero-order valence-electron chi connectivity index (χ0n) is 17.9. The molecule has 2 aromatic heterocycles. The molecule has 0 unspecified atom stereocenters. The molecule has 1 amide bonds. The number of hydrogen-bond donors (Lipinski definition) is 1. The normalized spacial score (nSPS) is 31.9. The molecule has 6 nitrogen and oxygen atoms in total. The maximum Gasteiger partial charge on any atom is 0.410 e. The van der Waals surface area contributed by atoms with Gasteiger partial charge in [-0.3, -0.25) is 4.79 Å². The lowest BCUT2D eigenvalue weighted by Gasteiger charge is -2.39. The molecule has 4 heterocycles. The molecule has 2 bridgehead atoms. The quantitative estimate of drug-likeness (QED) is 0.705. The summed E-state index contributed by atoms with van der Waals surface area (Å²) in [7, 11) is 0. The fraction of sp³-hybridized carbons (Fsp3) is 0.636. The van der Waals surface area contributed by atoms with E-state index in [1.165, 1.54) is 12.3 Å². The number of nitrogens with one attached hydrogen (secondary N) is 1. The molecule has 0 radical (unpaired) electrons. The van der Waals surface area contributed by atoms with Crippen LogP contribution in [0.15, 0.2) is 28.9 Å². The van der Waals surface area contributed by atoms with Gasteiger partial charge in [-0.15, -0.1) is 0 Å². The van der Waals surface area contributed by atoms with Crippen molar-refractivity contribution >= 4 is 11.7 Å². The Bertz CT molecular complexity index is 997. The highest BCUT2D eigenvalue weighted by molar-refractivity contribution is 5.93. The summed E-state index contributed by atoms with van der Waals surface area (Å²) in [6, 6.07) is 2.38. The molecule has 2 aromatic rings. The van der Waals surface area contributed by atoms with Crippen molar-refractivity contribution < 1.29 is 22.4 Å². The predicted molar refractivity (Wildman–Crippen MR) is 108 cm³/mol. The van der Waals surface area contributed by atoms with Crippen molar-refractivity contribution in [3.8, 4) is 0 Å². The Hall–Kier alpha value is -2.45. The van der Waals surface area contributed by atoms with Gasteiger partial charge in [0.05, 0.1) is 12.3 Å². The molecule has 3 aliphatic rings. The Labute approximate surface area is 178 Å². The molecular formula is C22H27F3N4O2. The van der Waals surface area contributed by atoms with Crippen LogP contribution in [0.25, 0.3) is 0 Å². The van der Waals surface area contributed by atoms with Crippen molar-refractivity contribution in [1.29, 1.82) is 0 Å². The van der Waals surface area contributed by atoms with E-state index in [-0.39, 0.29) is 40.7 Å². The summed E-state index contributed by atoms with van der Waals surface area (Å²) in [4.78, 5) is 15.2. The van der Waals surface area contributed by atoms with Crippen LogP contribution >= 0.6 is 0 Å². The number of nitrogens with zero attached hydrogens (tertiary/aromatic N) is 3. The van der Waals surface area contributed by atoms with Crippen LogP contribution in [0.3, 0.4) is 0 Å². The zero-order valence-corrected chi connectivity index (χ0v) is 17.9. The molecule has 4 atom stereocenters. The topological polar surface area (TPSA) is 63.3 Å². The average molecular weight is 436 g/mol. The van der Waals surface area contributed by atoms with E-state index < -0.39 is 18.3 Å². The average Bonchev–Trinajstić information content (AvgIpc) is 3.35. The third kappa shape index (κ3) is 3.51. The largest absolute Gasteiger partial charge is 0.467 e. The van der Waals surface area contributed by atoms with Crippen molar-refractivity contribution in [2.45, 2.75) is 70.8 Å². The van der Waals surface area contributed by atoms with Crippen molar-refractivity contribution in [3.05, 3.63) is 35.9 Å². The van der Waals surface area contributed by atoms with Crippen LogP contribution in [-0.4, -0.2) is 39.4 Å². The van der Waals surface area contributed by atoms with Crippen LogP contribution < -0.4 is 5.32 Å². The second-order valence-corrected chi connectivity index (χ2v) is 10.5. The third-order valence-corrected chi connectivity index (χ3v) is 6.97. The second kappa shape index (κ2) is 6.53. The van der Waals surface area contributed by atoms with E-state index in [9.17, 15) is 18.0 Å². The number of halogens is 3. The van der Waals surface area contributed by atoms with Crippen LogP contribution in [0.1, 0.15) is 74.8 Å². The van der Waals surface area contributed by atoms with Crippen molar-refractivity contribution in [2.24, 2.45) is 10.8 Å². The van der Waals surface area contributed by atoms with Gasteiger partial charge in [0.25, 0.3) is 5.91 Å². The van der Waals surface area contributed by atoms with Crippen molar-refractivity contribution in [2.75, 3.05) is 11.9 Å². The number of amides is 1. The van der Waals surface area contributed by atoms with Crippen molar-refractivity contribution in [3.63, 3.8) is 0 Å². The SMILES string of the molecule is CC1(C)C[C@H]2C[C@](C)(CN2C(=O)c2cc3n(n2)[C@@H](C(F)(F)F)C[C@H](c2ccco2)N3)C1. The third-order valence-electron chi connectivity index (χ3n) is 6.97. The van der Waals surface area contributed by atoms with E-state index in [4.69, 9.17) is 4.42 Å². The van der Waals surface area contributed by atoms with Gasteiger partial charge in [-0.05, 0) is 42.2 Å². The Balaban J connectivity index is 1.46. The Morgan fingerprint density at radius 3 is 2.74 bits per heavy atom. The fourth-order valence-electron chi connectivity index (χ4n) is 6.20. The number of anilines is 1.